The first-order chi connectivity index (χ1) is 11.2. The molecule has 3 fully saturated rings. The molecule has 6 unspecified atom stereocenters. The number of rotatable bonds is 5. The molecule has 0 N–H and O–H groups in total. The largest absolute Gasteiger partial charge is 0.462 e. The molecule has 132 valence electrons. The van der Waals surface area contributed by atoms with Crippen LogP contribution >= 0.6 is 0 Å². The molecule has 0 bridgehead atoms. The van der Waals surface area contributed by atoms with Gasteiger partial charge in [0.2, 0.25) is 0 Å². The molecule has 6 atom stereocenters. The molecule has 0 aliphatic heterocycles. The number of unbranched alkanes of at least 4 members (excludes halogenated alkanes) is 1. The van der Waals surface area contributed by atoms with E-state index in [0.717, 1.165) is 42.4 Å². The molecule has 3 aliphatic carbocycles. The summed E-state index contributed by atoms with van der Waals surface area (Å²) >= 11 is 0. The smallest absolute Gasteiger partial charge is 0.305 e. The van der Waals surface area contributed by atoms with E-state index in [1.807, 2.05) is 6.92 Å². The number of carbonyl (C=O) groups excluding carboxylic acids is 1. The van der Waals surface area contributed by atoms with Gasteiger partial charge in [-0.2, -0.15) is 0 Å². The molecule has 0 amide bonds. The fourth-order valence-electron chi connectivity index (χ4n) is 5.98. The summed E-state index contributed by atoms with van der Waals surface area (Å²) in [6.45, 7) is 4.22. The minimum Gasteiger partial charge on any atom is -0.462 e. The Morgan fingerprint density at radius 2 is 1.61 bits per heavy atom. The summed E-state index contributed by atoms with van der Waals surface area (Å²) in [5.41, 5.74) is 0. The fourth-order valence-corrected chi connectivity index (χ4v) is 5.98. The Hall–Kier alpha value is -0.530. The van der Waals surface area contributed by atoms with Crippen molar-refractivity contribution < 1.29 is 9.53 Å². The number of fused-ring (bicyclic) bond motifs is 3. The first-order valence-electron chi connectivity index (χ1n) is 10.4. The molecule has 0 saturated heterocycles. The van der Waals surface area contributed by atoms with Crippen LogP contribution in [0.2, 0.25) is 0 Å². The molecule has 0 aromatic rings. The van der Waals surface area contributed by atoms with E-state index in [1.54, 1.807) is 0 Å². The Labute approximate surface area is 142 Å². The lowest BCUT2D eigenvalue weighted by Crippen LogP contribution is -2.43. The van der Waals surface area contributed by atoms with E-state index in [1.165, 1.54) is 57.8 Å². The van der Waals surface area contributed by atoms with Crippen LogP contribution in [0.4, 0.5) is 0 Å². The standard InChI is InChI=1S/C21H36O2/c1-3-5-6-15-7-11-19-16(13-15)8-9-17-14-18(10-12-20(17)19)23-21(22)4-2/h15-20H,3-14H2,1-2H3. The normalized spacial score (nSPS) is 40.1. The van der Waals surface area contributed by atoms with Crippen molar-refractivity contribution in [3.05, 3.63) is 0 Å². The third-order valence-corrected chi connectivity index (χ3v) is 7.15. The maximum atomic E-state index is 11.6. The van der Waals surface area contributed by atoms with Gasteiger partial charge in [-0.05, 0) is 74.5 Å². The molecule has 0 heterocycles. The van der Waals surface area contributed by atoms with Gasteiger partial charge in [-0.25, -0.2) is 0 Å². The molecule has 2 nitrogen and oxygen atoms in total. The van der Waals surface area contributed by atoms with Gasteiger partial charge >= 0.3 is 5.97 Å². The second-order valence-electron chi connectivity index (χ2n) is 8.52. The third-order valence-electron chi connectivity index (χ3n) is 7.15. The van der Waals surface area contributed by atoms with E-state index in [4.69, 9.17) is 4.74 Å². The van der Waals surface area contributed by atoms with E-state index in [-0.39, 0.29) is 12.1 Å². The van der Waals surface area contributed by atoms with Crippen molar-refractivity contribution in [1.82, 2.24) is 0 Å². The van der Waals surface area contributed by atoms with Crippen molar-refractivity contribution in [3.63, 3.8) is 0 Å². The van der Waals surface area contributed by atoms with Crippen LogP contribution in [0.1, 0.15) is 90.9 Å². The van der Waals surface area contributed by atoms with Crippen LogP contribution in [0.3, 0.4) is 0 Å². The van der Waals surface area contributed by atoms with Crippen molar-refractivity contribution in [2.24, 2.45) is 29.6 Å². The first-order valence-corrected chi connectivity index (χ1v) is 10.4. The second-order valence-corrected chi connectivity index (χ2v) is 8.52. The first kappa shape index (κ1) is 17.3. The molecule has 2 heteroatoms. The van der Waals surface area contributed by atoms with Gasteiger partial charge in [0.1, 0.15) is 6.10 Å². The Kier molecular flexibility index (Phi) is 6.04. The van der Waals surface area contributed by atoms with E-state index in [9.17, 15) is 4.79 Å². The summed E-state index contributed by atoms with van der Waals surface area (Å²) in [6, 6.07) is 0. The van der Waals surface area contributed by atoms with Crippen LogP contribution in [-0.2, 0) is 9.53 Å². The molecule has 3 aliphatic rings. The van der Waals surface area contributed by atoms with Gasteiger partial charge in [0.05, 0.1) is 0 Å². The summed E-state index contributed by atoms with van der Waals surface area (Å²) < 4.78 is 5.65. The van der Waals surface area contributed by atoms with E-state index in [2.05, 4.69) is 6.92 Å². The molecular weight excluding hydrogens is 284 g/mol. The lowest BCUT2D eigenvalue weighted by molar-refractivity contribution is -0.153. The van der Waals surface area contributed by atoms with Gasteiger partial charge in [-0.1, -0.05) is 39.5 Å². The van der Waals surface area contributed by atoms with Gasteiger partial charge in [-0.15, -0.1) is 0 Å². The van der Waals surface area contributed by atoms with Crippen LogP contribution in [-0.4, -0.2) is 12.1 Å². The highest BCUT2D eigenvalue weighted by Gasteiger charge is 2.44. The lowest BCUT2D eigenvalue weighted by atomic mass is 9.56. The topological polar surface area (TPSA) is 26.3 Å². The zero-order valence-corrected chi connectivity index (χ0v) is 15.3. The van der Waals surface area contributed by atoms with Crippen LogP contribution in [0.15, 0.2) is 0 Å². The predicted molar refractivity (Wildman–Crippen MR) is 94.1 cm³/mol. The highest BCUT2D eigenvalue weighted by molar-refractivity contribution is 5.69. The van der Waals surface area contributed by atoms with Crippen molar-refractivity contribution in [2.75, 3.05) is 0 Å². The summed E-state index contributed by atoms with van der Waals surface area (Å²) in [5.74, 6) is 4.81. The molecule has 0 spiro atoms. The molecule has 0 aromatic carbocycles. The molecule has 0 radical (unpaired) electrons. The predicted octanol–water partition coefficient (Wildman–Crippen LogP) is 5.74. The Bertz CT molecular complexity index is 391. The number of hydrogen-bond donors (Lipinski definition) is 0. The molecule has 3 rings (SSSR count). The Balaban J connectivity index is 1.52. The molecule has 0 aromatic heterocycles. The monoisotopic (exact) mass is 320 g/mol. The van der Waals surface area contributed by atoms with E-state index in [0.29, 0.717) is 6.42 Å². The SMILES string of the molecule is CCCCC1CCC2C(CCC3CC(OC(=O)CC)CCC32)C1. The average molecular weight is 321 g/mol. The van der Waals surface area contributed by atoms with Crippen molar-refractivity contribution in [3.8, 4) is 0 Å². The summed E-state index contributed by atoms with van der Waals surface area (Å²) in [4.78, 5) is 11.6. The minimum atomic E-state index is -0.00133. The third kappa shape index (κ3) is 4.12. The second kappa shape index (κ2) is 8.03. The van der Waals surface area contributed by atoms with Gasteiger partial charge in [0.25, 0.3) is 0 Å². The van der Waals surface area contributed by atoms with Gasteiger partial charge in [0.15, 0.2) is 0 Å². The highest BCUT2D eigenvalue weighted by Crippen LogP contribution is 2.53. The molecule has 3 saturated carbocycles. The maximum absolute atomic E-state index is 11.6. The number of carbonyl (C=O) groups is 1. The number of esters is 1. The van der Waals surface area contributed by atoms with E-state index >= 15 is 0 Å². The van der Waals surface area contributed by atoms with Crippen molar-refractivity contribution in [1.29, 1.82) is 0 Å². The maximum Gasteiger partial charge on any atom is 0.305 e. The zero-order chi connectivity index (χ0) is 16.2. The summed E-state index contributed by atoms with van der Waals surface area (Å²) in [6.07, 6.45) is 15.9. The molecular formula is C21H36O2. The minimum absolute atomic E-state index is 0.00133. The fraction of sp³-hybridized carbons (Fsp3) is 0.952. The van der Waals surface area contributed by atoms with Crippen LogP contribution in [0, 0.1) is 29.6 Å². The highest BCUT2D eigenvalue weighted by atomic mass is 16.5. The average Bonchev–Trinajstić information content (AvgIpc) is 2.59. The number of ether oxygens (including phenoxy) is 1. The van der Waals surface area contributed by atoms with Gasteiger partial charge in [-0.3, -0.25) is 4.79 Å². The number of hydrogen-bond acceptors (Lipinski definition) is 2. The zero-order valence-electron chi connectivity index (χ0n) is 15.3. The Morgan fingerprint density at radius 1 is 0.913 bits per heavy atom. The quantitative estimate of drug-likeness (QED) is 0.604. The Morgan fingerprint density at radius 3 is 2.30 bits per heavy atom. The van der Waals surface area contributed by atoms with Crippen molar-refractivity contribution >= 4 is 5.97 Å². The van der Waals surface area contributed by atoms with Gasteiger partial charge in [0, 0.05) is 6.42 Å². The van der Waals surface area contributed by atoms with Crippen molar-refractivity contribution in [2.45, 2.75) is 97.0 Å². The molecule has 23 heavy (non-hydrogen) atoms. The lowest BCUT2D eigenvalue weighted by Gasteiger charge is -2.50. The summed E-state index contributed by atoms with van der Waals surface area (Å²) in [7, 11) is 0. The summed E-state index contributed by atoms with van der Waals surface area (Å²) in [5, 5.41) is 0. The van der Waals surface area contributed by atoms with Gasteiger partial charge < -0.3 is 4.74 Å². The van der Waals surface area contributed by atoms with E-state index < -0.39 is 0 Å². The van der Waals surface area contributed by atoms with Crippen LogP contribution in [0.5, 0.6) is 0 Å². The van der Waals surface area contributed by atoms with Crippen LogP contribution < -0.4 is 0 Å². The van der Waals surface area contributed by atoms with Crippen LogP contribution in [0.25, 0.3) is 0 Å².